The molecule has 0 aromatic heterocycles. The first-order chi connectivity index (χ1) is 6.67. The van der Waals surface area contributed by atoms with Gasteiger partial charge in [-0.3, -0.25) is 0 Å². The molecule has 1 saturated heterocycles. The van der Waals surface area contributed by atoms with Crippen molar-refractivity contribution in [3.63, 3.8) is 0 Å². The number of aliphatic hydroxyl groups excluding tert-OH is 1. The summed E-state index contributed by atoms with van der Waals surface area (Å²) in [6.07, 6.45) is 2.35. The van der Waals surface area contributed by atoms with Gasteiger partial charge in [-0.25, -0.2) is 0 Å². The van der Waals surface area contributed by atoms with E-state index in [0.717, 1.165) is 6.54 Å². The summed E-state index contributed by atoms with van der Waals surface area (Å²) in [6, 6.07) is 0.638. The molecule has 3 heteroatoms. The van der Waals surface area contributed by atoms with E-state index in [2.05, 4.69) is 25.8 Å². The number of hydrogen-bond acceptors (Lipinski definition) is 3. The molecule has 0 aromatic carbocycles. The molecule has 0 aromatic rings. The molecule has 0 saturated carbocycles. The number of aliphatic hydroxyl groups is 1. The third-order valence-electron chi connectivity index (χ3n) is 3.30. The summed E-state index contributed by atoms with van der Waals surface area (Å²) in [5, 5.41) is 9.31. The normalized spacial score (nSPS) is 20.1. The fourth-order valence-electron chi connectivity index (χ4n) is 2.19. The molecule has 1 rings (SSSR count). The Kier molecular flexibility index (Phi) is 4.35. The molecule has 3 nitrogen and oxygen atoms in total. The summed E-state index contributed by atoms with van der Waals surface area (Å²) < 4.78 is 5.19. The highest BCUT2D eigenvalue weighted by atomic mass is 16.5. The van der Waals surface area contributed by atoms with Crippen molar-refractivity contribution >= 4 is 0 Å². The smallest absolute Gasteiger partial charge is 0.0579 e. The van der Waals surface area contributed by atoms with Crippen molar-refractivity contribution in [1.82, 2.24) is 4.90 Å². The zero-order chi connectivity index (χ0) is 10.6. The highest BCUT2D eigenvalue weighted by molar-refractivity contribution is 4.88. The molecule has 84 valence electrons. The van der Waals surface area contributed by atoms with Crippen LogP contribution in [-0.2, 0) is 4.74 Å². The molecule has 1 N–H and O–H groups in total. The van der Waals surface area contributed by atoms with Gasteiger partial charge in [-0.1, -0.05) is 13.8 Å². The van der Waals surface area contributed by atoms with Crippen LogP contribution in [0.4, 0.5) is 0 Å². The first-order valence-corrected chi connectivity index (χ1v) is 5.56. The number of ether oxygens (including phenoxy) is 1. The third kappa shape index (κ3) is 2.47. The zero-order valence-electron chi connectivity index (χ0n) is 9.62. The molecule has 0 amide bonds. The second kappa shape index (κ2) is 5.10. The van der Waals surface area contributed by atoms with Gasteiger partial charge in [0.05, 0.1) is 25.2 Å². The van der Waals surface area contributed by atoms with E-state index < -0.39 is 0 Å². The second-order valence-electron chi connectivity index (χ2n) is 4.54. The van der Waals surface area contributed by atoms with Crippen LogP contribution in [0.5, 0.6) is 0 Å². The van der Waals surface area contributed by atoms with E-state index >= 15 is 0 Å². The molecular weight excluding hydrogens is 178 g/mol. The van der Waals surface area contributed by atoms with E-state index in [1.165, 1.54) is 12.8 Å². The lowest BCUT2D eigenvalue weighted by atomic mass is 9.86. The van der Waals surface area contributed by atoms with Crippen molar-refractivity contribution in [2.24, 2.45) is 5.41 Å². The second-order valence-corrected chi connectivity index (χ2v) is 4.54. The van der Waals surface area contributed by atoms with E-state index in [4.69, 9.17) is 4.74 Å². The largest absolute Gasteiger partial charge is 0.396 e. The summed E-state index contributed by atoms with van der Waals surface area (Å²) in [5.74, 6) is 0. The molecule has 1 aliphatic rings. The topological polar surface area (TPSA) is 32.7 Å². The Labute approximate surface area is 87.1 Å². The van der Waals surface area contributed by atoms with Gasteiger partial charge in [0.2, 0.25) is 0 Å². The molecule has 0 spiro atoms. The lowest BCUT2D eigenvalue weighted by Crippen LogP contribution is -2.54. The predicted octanol–water partition coefficient (Wildman–Crippen LogP) is 1.12. The van der Waals surface area contributed by atoms with Crippen molar-refractivity contribution in [3.05, 3.63) is 0 Å². The fraction of sp³-hybridized carbons (Fsp3) is 1.00. The van der Waals surface area contributed by atoms with Crippen LogP contribution in [0, 0.1) is 5.41 Å². The van der Waals surface area contributed by atoms with Crippen LogP contribution >= 0.6 is 0 Å². The van der Waals surface area contributed by atoms with Gasteiger partial charge >= 0.3 is 0 Å². The van der Waals surface area contributed by atoms with Crippen LogP contribution in [-0.4, -0.2) is 49.5 Å². The van der Waals surface area contributed by atoms with Crippen molar-refractivity contribution in [3.8, 4) is 0 Å². The first kappa shape index (κ1) is 12.0. The maximum Gasteiger partial charge on any atom is 0.0579 e. The monoisotopic (exact) mass is 201 g/mol. The number of nitrogens with zero attached hydrogens (tertiary/aromatic N) is 1. The Morgan fingerprint density at radius 3 is 2.21 bits per heavy atom. The third-order valence-corrected chi connectivity index (χ3v) is 3.30. The van der Waals surface area contributed by atoms with Crippen LogP contribution in [0.2, 0.25) is 0 Å². The Morgan fingerprint density at radius 2 is 1.93 bits per heavy atom. The Morgan fingerprint density at radius 1 is 1.36 bits per heavy atom. The molecule has 14 heavy (non-hydrogen) atoms. The van der Waals surface area contributed by atoms with E-state index in [9.17, 15) is 5.11 Å². The predicted molar refractivity (Wildman–Crippen MR) is 57.3 cm³/mol. The minimum atomic E-state index is 0.0251. The quantitative estimate of drug-likeness (QED) is 0.699. The molecule has 0 aliphatic carbocycles. The lowest BCUT2D eigenvalue weighted by Gasteiger charge is -2.44. The molecule has 1 aliphatic heterocycles. The lowest BCUT2D eigenvalue weighted by molar-refractivity contribution is -0.149. The van der Waals surface area contributed by atoms with E-state index in [0.29, 0.717) is 19.3 Å². The minimum absolute atomic E-state index is 0.0251. The molecule has 0 atom stereocenters. The van der Waals surface area contributed by atoms with E-state index in [1.54, 1.807) is 0 Å². The van der Waals surface area contributed by atoms with Crippen LogP contribution in [0.25, 0.3) is 0 Å². The Balaban J connectivity index is 2.41. The Bertz CT molecular complexity index is 159. The van der Waals surface area contributed by atoms with Gasteiger partial charge in [0.25, 0.3) is 0 Å². The van der Waals surface area contributed by atoms with Gasteiger partial charge < -0.3 is 14.7 Å². The van der Waals surface area contributed by atoms with Crippen molar-refractivity contribution in [1.29, 1.82) is 0 Å². The first-order valence-electron chi connectivity index (χ1n) is 5.56. The van der Waals surface area contributed by atoms with E-state index in [1.807, 2.05) is 0 Å². The van der Waals surface area contributed by atoms with Crippen LogP contribution in [0.3, 0.4) is 0 Å². The van der Waals surface area contributed by atoms with Crippen LogP contribution in [0.1, 0.15) is 26.7 Å². The SMILES string of the molecule is CCC(CC)N(C)CC1(CO)COC1. The minimum Gasteiger partial charge on any atom is -0.396 e. The highest BCUT2D eigenvalue weighted by Gasteiger charge is 2.39. The van der Waals surface area contributed by atoms with Crippen LogP contribution in [0.15, 0.2) is 0 Å². The molecule has 0 radical (unpaired) electrons. The van der Waals surface area contributed by atoms with Gasteiger partial charge in [-0.05, 0) is 19.9 Å². The van der Waals surface area contributed by atoms with Gasteiger partial charge in [0.15, 0.2) is 0 Å². The average molecular weight is 201 g/mol. The molecule has 1 heterocycles. The summed E-state index contributed by atoms with van der Waals surface area (Å²) >= 11 is 0. The number of rotatable bonds is 6. The maximum absolute atomic E-state index is 9.31. The average Bonchev–Trinajstić information content (AvgIpc) is 2.13. The maximum atomic E-state index is 9.31. The fourth-order valence-corrected chi connectivity index (χ4v) is 2.19. The molecule has 0 unspecified atom stereocenters. The Hall–Kier alpha value is -0.120. The zero-order valence-corrected chi connectivity index (χ0v) is 9.62. The molecule has 0 bridgehead atoms. The summed E-state index contributed by atoms with van der Waals surface area (Å²) in [5.41, 5.74) is 0.0251. The summed E-state index contributed by atoms with van der Waals surface area (Å²) in [4.78, 5) is 2.36. The summed E-state index contributed by atoms with van der Waals surface area (Å²) in [7, 11) is 2.15. The van der Waals surface area contributed by atoms with Gasteiger partial charge in [0, 0.05) is 12.6 Å². The van der Waals surface area contributed by atoms with Crippen molar-refractivity contribution in [2.75, 3.05) is 33.4 Å². The van der Waals surface area contributed by atoms with Crippen molar-refractivity contribution in [2.45, 2.75) is 32.7 Å². The molecule has 1 fully saturated rings. The van der Waals surface area contributed by atoms with Gasteiger partial charge in [-0.2, -0.15) is 0 Å². The van der Waals surface area contributed by atoms with E-state index in [-0.39, 0.29) is 12.0 Å². The number of hydrogen-bond donors (Lipinski definition) is 1. The highest BCUT2D eigenvalue weighted by Crippen LogP contribution is 2.28. The van der Waals surface area contributed by atoms with Gasteiger partial charge in [-0.15, -0.1) is 0 Å². The van der Waals surface area contributed by atoms with Gasteiger partial charge in [0.1, 0.15) is 0 Å². The standard InChI is InChI=1S/C11H23NO2/c1-4-10(5-2)12(3)6-11(7-13)8-14-9-11/h10,13H,4-9H2,1-3H3. The molecular formula is C11H23NO2. The van der Waals surface area contributed by atoms with Crippen molar-refractivity contribution < 1.29 is 9.84 Å². The summed E-state index contributed by atoms with van der Waals surface area (Å²) in [6.45, 7) is 7.07. The van der Waals surface area contributed by atoms with Crippen LogP contribution < -0.4 is 0 Å².